The molecule has 2 aromatic rings. The molecule has 0 saturated heterocycles. The van der Waals surface area contributed by atoms with Crippen molar-refractivity contribution in [2.24, 2.45) is 0 Å². The lowest BCUT2D eigenvalue weighted by atomic mass is 10.2. The second-order valence-electron chi connectivity index (χ2n) is 3.96. The molecule has 0 aliphatic rings. The minimum Gasteiger partial charge on any atom is -0.381 e. The van der Waals surface area contributed by atoms with Gasteiger partial charge in [-0.3, -0.25) is 5.10 Å². The van der Waals surface area contributed by atoms with Gasteiger partial charge in [0, 0.05) is 23.5 Å². The summed E-state index contributed by atoms with van der Waals surface area (Å²) in [6.07, 6.45) is 1.79. The molecular formula is C12H13BrFN3. The third kappa shape index (κ3) is 2.66. The largest absolute Gasteiger partial charge is 0.381 e. The first-order valence-electron chi connectivity index (χ1n) is 5.26. The number of hydrogen-bond acceptors (Lipinski definition) is 2. The van der Waals surface area contributed by atoms with Crippen LogP contribution in [-0.2, 0) is 6.54 Å². The third-order valence-electron chi connectivity index (χ3n) is 2.67. The fourth-order valence-electron chi connectivity index (χ4n) is 1.58. The molecule has 5 heteroatoms. The summed E-state index contributed by atoms with van der Waals surface area (Å²) in [6, 6.07) is 3.26. The maximum absolute atomic E-state index is 13.2. The van der Waals surface area contributed by atoms with Crippen molar-refractivity contribution < 1.29 is 4.39 Å². The second-order valence-corrected chi connectivity index (χ2v) is 4.81. The van der Waals surface area contributed by atoms with Crippen LogP contribution < -0.4 is 5.32 Å². The Morgan fingerprint density at radius 2 is 2.18 bits per heavy atom. The molecule has 2 rings (SSSR count). The molecule has 2 N–H and O–H groups in total. The van der Waals surface area contributed by atoms with Crippen LogP contribution in [0.3, 0.4) is 0 Å². The van der Waals surface area contributed by atoms with Crippen LogP contribution in [-0.4, -0.2) is 10.2 Å². The first kappa shape index (κ1) is 12.1. The Balaban J connectivity index is 2.14. The molecule has 3 nitrogen and oxygen atoms in total. The summed E-state index contributed by atoms with van der Waals surface area (Å²) >= 11 is 3.18. The minimum absolute atomic E-state index is 0.243. The van der Waals surface area contributed by atoms with Gasteiger partial charge < -0.3 is 5.32 Å². The quantitative estimate of drug-likeness (QED) is 0.910. The van der Waals surface area contributed by atoms with E-state index in [1.807, 2.05) is 13.8 Å². The lowest BCUT2D eigenvalue weighted by Crippen LogP contribution is -2.02. The number of rotatable bonds is 3. The normalized spacial score (nSPS) is 10.6. The van der Waals surface area contributed by atoms with Crippen LogP contribution in [0.5, 0.6) is 0 Å². The molecular weight excluding hydrogens is 285 g/mol. The van der Waals surface area contributed by atoms with Crippen LogP contribution in [0.15, 0.2) is 22.8 Å². The average Bonchev–Trinajstić information content (AvgIpc) is 2.68. The predicted octanol–water partition coefficient (Wildman–Crippen LogP) is 3.54. The average molecular weight is 298 g/mol. The van der Waals surface area contributed by atoms with E-state index in [1.165, 1.54) is 6.07 Å². The second kappa shape index (κ2) is 4.87. The first-order valence-corrected chi connectivity index (χ1v) is 6.05. The number of aromatic nitrogens is 2. The Hall–Kier alpha value is -1.36. The number of nitrogens with zero attached hydrogens (tertiary/aromatic N) is 1. The molecule has 1 aromatic carbocycles. The van der Waals surface area contributed by atoms with Gasteiger partial charge in [0.15, 0.2) is 0 Å². The summed E-state index contributed by atoms with van der Waals surface area (Å²) in [6.45, 7) is 4.51. The van der Waals surface area contributed by atoms with Crippen LogP contribution in [0.1, 0.15) is 16.8 Å². The third-order valence-corrected chi connectivity index (χ3v) is 3.28. The summed E-state index contributed by atoms with van der Waals surface area (Å²) in [5.41, 5.74) is 3.94. The van der Waals surface area contributed by atoms with Crippen molar-refractivity contribution in [3.8, 4) is 0 Å². The van der Waals surface area contributed by atoms with Gasteiger partial charge in [0.2, 0.25) is 0 Å². The molecule has 0 amide bonds. The van der Waals surface area contributed by atoms with E-state index in [2.05, 4.69) is 31.4 Å². The van der Waals surface area contributed by atoms with E-state index in [1.54, 1.807) is 12.3 Å². The number of aryl methyl sites for hydroxylation is 2. The number of anilines is 1. The van der Waals surface area contributed by atoms with Gasteiger partial charge in [0.1, 0.15) is 5.82 Å². The molecule has 0 saturated carbocycles. The number of H-pyrrole nitrogens is 1. The molecule has 0 fully saturated rings. The van der Waals surface area contributed by atoms with E-state index >= 15 is 0 Å². The molecule has 0 unspecified atom stereocenters. The van der Waals surface area contributed by atoms with E-state index in [0.717, 1.165) is 22.5 Å². The number of nitrogens with one attached hydrogen (secondary N) is 2. The number of halogens is 2. The highest BCUT2D eigenvalue weighted by atomic mass is 79.9. The van der Waals surface area contributed by atoms with Crippen molar-refractivity contribution in [3.63, 3.8) is 0 Å². The molecule has 0 aliphatic carbocycles. The molecule has 1 heterocycles. The zero-order valence-electron chi connectivity index (χ0n) is 9.64. The van der Waals surface area contributed by atoms with E-state index in [0.29, 0.717) is 11.0 Å². The molecule has 90 valence electrons. The highest BCUT2D eigenvalue weighted by Crippen LogP contribution is 2.24. The Labute approximate surface area is 108 Å². The lowest BCUT2D eigenvalue weighted by Gasteiger charge is -2.10. The van der Waals surface area contributed by atoms with E-state index in [4.69, 9.17) is 0 Å². The van der Waals surface area contributed by atoms with E-state index in [9.17, 15) is 4.39 Å². The Morgan fingerprint density at radius 3 is 2.82 bits per heavy atom. The SMILES string of the molecule is Cc1cc(F)c(Br)cc1NCc1cn[nH]c1C. The summed E-state index contributed by atoms with van der Waals surface area (Å²) in [4.78, 5) is 0. The van der Waals surface area contributed by atoms with Crippen molar-refractivity contribution in [1.29, 1.82) is 0 Å². The summed E-state index contributed by atoms with van der Waals surface area (Å²) in [7, 11) is 0. The molecule has 0 bridgehead atoms. The van der Waals surface area contributed by atoms with Crippen LogP contribution in [0, 0.1) is 19.7 Å². The van der Waals surface area contributed by atoms with Gasteiger partial charge in [-0.25, -0.2) is 4.39 Å². The smallest absolute Gasteiger partial charge is 0.137 e. The highest BCUT2D eigenvalue weighted by Gasteiger charge is 2.06. The number of aromatic amines is 1. The molecule has 0 atom stereocenters. The molecule has 17 heavy (non-hydrogen) atoms. The van der Waals surface area contributed by atoms with Gasteiger partial charge in [-0.1, -0.05) is 0 Å². The van der Waals surface area contributed by atoms with Crippen molar-refractivity contribution in [2.45, 2.75) is 20.4 Å². The molecule has 0 spiro atoms. The molecule has 0 aliphatic heterocycles. The minimum atomic E-state index is -0.243. The highest BCUT2D eigenvalue weighted by molar-refractivity contribution is 9.10. The Kier molecular flexibility index (Phi) is 3.47. The Bertz CT molecular complexity index is 537. The molecule has 1 aromatic heterocycles. The van der Waals surface area contributed by atoms with Gasteiger partial charge >= 0.3 is 0 Å². The maximum atomic E-state index is 13.2. The topological polar surface area (TPSA) is 40.7 Å². The van der Waals surface area contributed by atoms with Crippen molar-refractivity contribution >= 4 is 21.6 Å². The number of hydrogen-bond donors (Lipinski definition) is 2. The fourth-order valence-corrected chi connectivity index (χ4v) is 1.92. The van der Waals surface area contributed by atoms with Crippen molar-refractivity contribution in [2.75, 3.05) is 5.32 Å². The molecule has 0 radical (unpaired) electrons. The lowest BCUT2D eigenvalue weighted by molar-refractivity contribution is 0.620. The van der Waals surface area contributed by atoms with Gasteiger partial charge in [0.25, 0.3) is 0 Å². The fraction of sp³-hybridized carbons (Fsp3) is 0.250. The van der Waals surface area contributed by atoms with Crippen LogP contribution in [0.2, 0.25) is 0 Å². The number of benzene rings is 1. The van der Waals surface area contributed by atoms with Crippen molar-refractivity contribution in [1.82, 2.24) is 10.2 Å². The van der Waals surface area contributed by atoms with Gasteiger partial charge in [-0.05, 0) is 47.5 Å². The monoisotopic (exact) mass is 297 g/mol. The van der Waals surface area contributed by atoms with E-state index in [-0.39, 0.29) is 5.82 Å². The summed E-state index contributed by atoms with van der Waals surface area (Å²) < 4.78 is 13.7. The van der Waals surface area contributed by atoms with Gasteiger partial charge in [-0.2, -0.15) is 5.10 Å². The predicted molar refractivity (Wildman–Crippen MR) is 69.5 cm³/mol. The first-order chi connectivity index (χ1) is 8.08. The van der Waals surface area contributed by atoms with Crippen LogP contribution in [0.4, 0.5) is 10.1 Å². The summed E-state index contributed by atoms with van der Waals surface area (Å²) in [5.74, 6) is -0.243. The van der Waals surface area contributed by atoms with Gasteiger partial charge in [-0.15, -0.1) is 0 Å². The van der Waals surface area contributed by atoms with Crippen LogP contribution in [0.25, 0.3) is 0 Å². The maximum Gasteiger partial charge on any atom is 0.137 e. The zero-order chi connectivity index (χ0) is 12.4. The van der Waals surface area contributed by atoms with E-state index < -0.39 is 0 Å². The standard InChI is InChI=1S/C12H13BrFN3/c1-7-3-11(14)10(13)4-12(7)15-5-9-6-16-17-8(9)2/h3-4,6,15H,5H2,1-2H3,(H,16,17). The van der Waals surface area contributed by atoms with Crippen molar-refractivity contribution in [3.05, 3.63) is 45.4 Å². The Morgan fingerprint density at radius 1 is 1.41 bits per heavy atom. The summed E-state index contributed by atoms with van der Waals surface area (Å²) in [5, 5.41) is 10.1. The van der Waals surface area contributed by atoms with Crippen LogP contribution >= 0.6 is 15.9 Å². The van der Waals surface area contributed by atoms with Gasteiger partial charge in [0.05, 0.1) is 10.7 Å². The zero-order valence-corrected chi connectivity index (χ0v) is 11.2.